The lowest BCUT2D eigenvalue weighted by atomic mass is 9.71. The molecule has 0 atom stereocenters. The molecular weight excluding hydrogens is 426 g/mol. The van der Waals surface area contributed by atoms with Crippen LogP contribution in [0, 0.1) is 0 Å². The number of nitrogens with zero attached hydrogens (tertiary/aromatic N) is 2. The molecule has 1 N–H and O–H groups in total. The van der Waals surface area contributed by atoms with E-state index in [4.69, 9.17) is 0 Å². The van der Waals surface area contributed by atoms with Crippen molar-refractivity contribution < 1.29 is 0 Å². The fourth-order valence-corrected chi connectivity index (χ4v) is 5.75. The number of aryl methyl sites for hydroxylation is 3. The van der Waals surface area contributed by atoms with Gasteiger partial charge in [-0.1, -0.05) is 80.6 Å². The van der Waals surface area contributed by atoms with Gasteiger partial charge in [0.15, 0.2) is 0 Å². The smallest absolute Gasteiger partial charge is 0.134 e. The maximum Gasteiger partial charge on any atom is 0.134 e. The average molecular weight is 458 g/mol. The molecule has 0 bridgehead atoms. The third-order valence-corrected chi connectivity index (χ3v) is 7.61. The molecule has 0 fully saturated rings. The molecule has 174 valence electrons. The molecule has 0 aliphatic heterocycles. The number of rotatable bonds is 5. The van der Waals surface area contributed by atoms with Crippen LogP contribution in [0.4, 0.5) is 11.5 Å². The van der Waals surface area contributed by atoms with Gasteiger partial charge in [-0.3, -0.25) is 0 Å². The van der Waals surface area contributed by atoms with Crippen LogP contribution < -0.4 is 5.32 Å². The summed E-state index contributed by atoms with van der Waals surface area (Å²) in [7, 11) is 0. The number of fused-ring (bicyclic) bond motifs is 5. The minimum atomic E-state index is 0.224. The molecule has 1 heterocycles. The predicted octanol–water partition coefficient (Wildman–Crippen LogP) is 7.93. The zero-order chi connectivity index (χ0) is 23.8. The van der Waals surface area contributed by atoms with E-state index in [-0.39, 0.29) is 5.41 Å². The van der Waals surface area contributed by atoms with Crippen LogP contribution in [0.2, 0.25) is 0 Å². The zero-order valence-corrected chi connectivity index (χ0v) is 20.5. The summed E-state index contributed by atoms with van der Waals surface area (Å²) in [5.74, 6) is 0.845. The van der Waals surface area contributed by atoms with E-state index < -0.39 is 0 Å². The maximum absolute atomic E-state index is 4.56. The molecule has 0 spiro atoms. The molecule has 35 heavy (non-hydrogen) atoms. The highest BCUT2D eigenvalue weighted by Gasteiger charge is 2.28. The van der Waals surface area contributed by atoms with E-state index in [0.717, 1.165) is 36.5 Å². The molecule has 4 aromatic carbocycles. The standard InChI is InChI=1S/C32H31N3/c1-32(2)18-8-13-26-28-20-30(27-12-7-6-11-24(27)25(28)16-17-29(26)32)35-31-19-23(33-21-34-31)15-14-22-9-4-3-5-10-22/h3-7,9-12,16-17,19-21H,8,13-15,18H2,1-2H3,(H,33,34,35). The van der Waals surface area contributed by atoms with Crippen LogP contribution in [-0.4, -0.2) is 9.97 Å². The van der Waals surface area contributed by atoms with Crippen LogP contribution in [0.25, 0.3) is 21.5 Å². The molecule has 6 rings (SSSR count). The van der Waals surface area contributed by atoms with Crippen LogP contribution in [0.5, 0.6) is 0 Å². The summed E-state index contributed by atoms with van der Waals surface area (Å²) in [4.78, 5) is 9.10. The van der Waals surface area contributed by atoms with Gasteiger partial charge in [0.25, 0.3) is 0 Å². The van der Waals surface area contributed by atoms with Crippen molar-refractivity contribution in [2.24, 2.45) is 0 Å². The SMILES string of the molecule is CC1(C)CCCc2c1ccc1c2cc(Nc2cc(CCc3ccccc3)ncn2)c2ccccc21. The van der Waals surface area contributed by atoms with Crippen LogP contribution in [0.1, 0.15) is 49.1 Å². The Bertz CT molecular complexity index is 1520. The molecule has 5 aromatic rings. The van der Waals surface area contributed by atoms with Crippen molar-refractivity contribution in [2.45, 2.75) is 51.4 Å². The predicted molar refractivity (Wildman–Crippen MR) is 147 cm³/mol. The summed E-state index contributed by atoms with van der Waals surface area (Å²) in [5, 5.41) is 8.88. The van der Waals surface area contributed by atoms with Crippen molar-refractivity contribution in [1.29, 1.82) is 0 Å². The molecular formula is C32H31N3. The third-order valence-electron chi connectivity index (χ3n) is 7.61. The van der Waals surface area contributed by atoms with E-state index in [1.54, 1.807) is 6.33 Å². The van der Waals surface area contributed by atoms with Crippen LogP contribution in [0.3, 0.4) is 0 Å². The Morgan fingerprint density at radius 2 is 1.54 bits per heavy atom. The Kier molecular flexibility index (Phi) is 5.49. The lowest BCUT2D eigenvalue weighted by molar-refractivity contribution is 0.433. The molecule has 1 aliphatic carbocycles. The first-order chi connectivity index (χ1) is 17.1. The van der Waals surface area contributed by atoms with E-state index in [1.807, 2.05) is 0 Å². The van der Waals surface area contributed by atoms with Gasteiger partial charge in [-0.05, 0) is 76.4 Å². The van der Waals surface area contributed by atoms with Crippen molar-refractivity contribution in [3.05, 3.63) is 108 Å². The summed E-state index contributed by atoms with van der Waals surface area (Å²) in [6.45, 7) is 4.77. The first kappa shape index (κ1) is 21.8. The van der Waals surface area contributed by atoms with Crippen molar-refractivity contribution >= 4 is 33.1 Å². The Labute approximate surface area is 207 Å². The number of anilines is 2. The average Bonchev–Trinajstić information content (AvgIpc) is 2.88. The van der Waals surface area contributed by atoms with Gasteiger partial charge in [0.1, 0.15) is 12.1 Å². The van der Waals surface area contributed by atoms with Crippen molar-refractivity contribution in [1.82, 2.24) is 9.97 Å². The second-order valence-corrected chi connectivity index (χ2v) is 10.4. The van der Waals surface area contributed by atoms with Gasteiger partial charge in [0, 0.05) is 22.8 Å². The van der Waals surface area contributed by atoms with Gasteiger partial charge >= 0.3 is 0 Å². The first-order valence-electron chi connectivity index (χ1n) is 12.7. The Balaban J connectivity index is 1.40. The monoisotopic (exact) mass is 457 g/mol. The Morgan fingerprint density at radius 1 is 0.771 bits per heavy atom. The number of benzene rings is 4. The highest BCUT2D eigenvalue weighted by atomic mass is 15.0. The molecule has 0 amide bonds. The summed E-state index contributed by atoms with van der Waals surface area (Å²) in [5.41, 5.74) is 6.73. The number of nitrogens with one attached hydrogen (secondary N) is 1. The second-order valence-electron chi connectivity index (χ2n) is 10.4. The lowest BCUT2D eigenvalue weighted by Crippen LogP contribution is -2.23. The molecule has 0 saturated carbocycles. The summed E-state index contributed by atoms with van der Waals surface area (Å²) >= 11 is 0. The van der Waals surface area contributed by atoms with Crippen molar-refractivity contribution in [3.63, 3.8) is 0 Å². The van der Waals surface area contributed by atoms with Crippen LogP contribution >= 0.6 is 0 Å². The maximum atomic E-state index is 4.56. The fraction of sp³-hybridized carbons (Fsp3) is 0.250. The first-order valence-corrected chi connectivity index (χ1v) is 12.7. The number of aromatic nitrogens is 2. The summed E-state index contributed by atoms with van der Waals surface area (Å²) < 4.78 is 0. The summed E-state index contributed by atoms with van der Waals surface area (Å²) in [6.07, 6.45) is 7.17. The lowest BCUT2D eigenvalue weighted by Gasteiger charge is -2.33. The summed E-state index contributed by atoms with van der Waals surface area (Å²) in [6, 6.07) is 28.4. The number of hydrogen-bond donors (Lipinski definition) is 1. The molecule has 0 unspecified atom stereocenters. The third kappa shape index (κ3) is 4.16. The second kappa shape index (κ2) is 8.81. The molecule has 0 saturated heterocycles. The molecule has 1 aromatic heterocycles. The van der Waals surface area contributed by atoms with E-state index in [0.29, 0.717) is 0 Å². The van der Waals surface area contributed by atoms with E-state index in [2.05, 4.69) is 108 Å². The highest BCUT2D eigenvalue weighted by Crippen LogP contribution is 2.43. The van der Waals surface area contributed by atoms with Crippen LogP contribution in [0.15, 0.2) is 85.2 Å². The molecule has 3 heteroatoms. The van der Waals surface area contributed by atoms with Crippen molar-refractivity contribution in [2.75, 3.05) is 5.32 Å². The largest absolute Gasteiger partial charge is 0.340 e. The minimum absolute atomic E-state index is 0.224. The zero-order valence-electron chi connectivity index (χ0n) is 20.5. The minimum Gasteiger partial charge on any atom is -0.340 e. The molecule has 3 nitrogen and oxygen atoms in total. The van der Waals surface area contributed by atoms with E-state index >= 15 is 0 Å². The number of hydrogen-bond acceptors (Lipinski definition) is 3. The van der Waals surface area contributed by atoms with Gasteiger partial charge in [-0.15, -0.1) is 0 Å². The normalized spacial score (nSPS) is 14.7. The van der Waals surface area contributed by atoms with E-state index in [1.165, 1.54) is 51.1 Å². The fourth-order valence-electron chi connectivity index (χ4n) is 5.75. The molecule has 1 aliphatic rings. The highest BCUT2D eigenvalue weighted by molar-refractivity contribution is 6.14. The van der Waals surface area contributed by atoms with Gasteiger partial charge in [-0.25, -0.2) is 9.97 Å². The van der Waals surface area contributed by atoms with Gasteiger partial charge in [-0.2, -0.15) is 0 Å². The van der Waals surface area contributed by atoms with Crippen molar-refractivity contribution in [3.8, 4) is 0 Å². The van der Waals surface area contributed by atoms with E-state index in [9.17, 15) is 0 Å². The Morgan fingerprint density at radius 3 is 2.40 bits per heavy atom. The van der Waals surface area contributed by atoms with Gasteiger partial charge in [0.05, 0.1) is 0 Å². The topological polar surface area (TPSA) is 37.8 Å². The molecule has 0 radical (unpaired) electrons. The van der Waals surface area contributed by atoms with Gasteiger partial charge in [0.2, 0.25) is 0 Å². The van der Waals surface area contributed by atoms with Gasteiger partial charge < -0.3 is 5.32 Å². The van der Waals surface area contributed by atoms with Crippen LogP contribution in [-0.2, 0) is 24.7 Å². The quantitative estimate of drug-likeness (QED) is 0.272. The Hall–Kier alpha value is -3.72.